The Bertz CT molecular complexity index is 732. The first kappa shape index (κ1) is 17.4. The highest BCUT2D eigenvalue weighted by atomic mass is 16.5. The van der Waals surface area contributed by atoms with Gasteiger partial charge in [0.1, 0.15) is 5.56 Å². The molecule has 5 heteroatoms. The van der Waals surface area contributed by atoms with E-state index in [1.54, 1.807) is 18.3 Å². The molecule has 132 valence electrons. The summed E-state index contributed by atoms with van der Waals surface area (Å²) < 4.78 is 5.44. The molecule has 1 unspecified atom stereocenters. The Kier molecular flexibility index (Phi) is 5.66. The number of carbonyl (C=O) groups is 1. The summed E-state index contributed by atoms with van der Waals surface area (Å²) in [5.74, 6) is 0.253. The van der Waals surface area contributed by atoms with Crippen LogP contribution >= 0.6 is 0 Å². The van der Waals surface area contributed by atoms with Crippen LogP contribution in [-0.4, -0.2) is 41.5 Å². The van der Waals surface area contributed by atoms with E-state index < -0.39 is 0 Å². The number of aromatic nitrogens is 1. The van der Waals surface area contributed by atoms with Crippen LogP contribution in [0.15, 0.2) is 42.6 Å². The van der Waals surface area contributed by atoms with Gasteiger partial charge in [0.15, 0.2) is 0 Å². The Labute approximate surface area is 149 Å². The maximum absolute atomic E-state index is 12.5. The second kappa shape index (κ2) is 8.12. The predicted molar refractivity (Wildman–Crippen MR) is 97.8 cm³/mol. The van der Waals surface area contributed by atoms with Crippen molar-refractivity contribution in [1.29, 1.82) is 0 Å². The Morgan fingerprint density at radius 2 is 2.08 bits per heavy atom. The van der Waals surface area contributed by atoms with E-state index in [0.717, 1.165) is 19.5 Å². The van der Waals surface area contributed by atoms with E-state index in [1.165, 1.54) is 11.1 Å². The Morgan fingerprint density at radius 3 is 2.88 bits per heavy atom. The number of pyridine rings is 1. The van der Waals surface area contributed by atoms with Crippen LogP contribution < -0.4 is 10.1 Å². The second-order valence-corrected chi connectivity index (χ2v) is 6.34. The summed E-state index contributed by atoms with van der Waals surface area (Å²) in [6.45, 7) is 7.07. The van der Waals surface area contributed by atoms with Crippen molar-refractivity contribution in [3.63, 3.8) is 0 Å². The molecular formula is C20H25N3O2. The molecule has 2 heterocycles. The fourth-order valence-corrected chi connectivity index (χ4v) is 3.17. The van der Waals surface area contributed by atoms with Crippen molar-refractivity contribution in [3.05, 3.63) is 59.3 Å². The molecule has 0 aliphatic carbocycles. The lowest BCUT2D eigenvalue weighted by Gasteiger charge is -2.33. The average Bonchev–Trinajstić information content (AvgIpc) is 2.66. The van der Waals surface area contributed by atoms with Crippen molar-refractivity contribution in [2.24, 2.45) is 0 Å². The van der Waals surface area contributed by atoms with Crippen LogP contribution in [0.1, 0.15) is 35.3 Å². The molecule has 1 amide bonds. The summed E-state index contributed by atoms with van der Waals surface area (Å²) in [4.78, 5) is 19.0. The van der Waals surface area contributed by atoms with E-state index in [1.807, 2.05) is 6.92 Å². The molecule has 1 aromatic carbocycles. The minimum Gasteiger partial charge on any atom is -0.477 e. The Morgan fingerprint density at radius 1 is 1.28 bits per heavy atom. The normalized spacial score (nSPS) is 15.3. The number of nitrogens with zero attached hydrogens (tertiary/aromatic N) is 2. The quantitative estimate of drug-likeness (QED) is 0.879. The molecule has 0 spiro atoms. The maximum Gasteiger partial charge on any atom is 0.256 e. The van der Waals surface area contributed by atoms with Gasteiger partial charge in [-0.05, 0) is 43.5 Å². The second-order valence-electron chi connectivity index (χ2n) is 6.34. The molecule has 1 aromatic heterocycles. The predicted octanol–water partition coefficient (Wildman–Crippen LogP) is 2.66. The van der Waals surface area contributed by atoms with Gasteiger partial charge in [0, 0.05) is 31.9 Å². The van der Waals surface area contributed by atoms with Gasteiger partial charge < -0.3 is 10.1 Å². The summed E-state index contributed by atoms with van der Waals surface area (Å²) in [5, 5.41) is 3.02. The summed E-state index contributed by atoms with van der Waals surface area (Å²) in [6, 6.07) is 12.4. The maximum atomic E-state index is 12.5. The Hall–Kier alpha value is -2.40. The zero-order valence-electron chi connectivity index (χ0n) is 14.9. The van der Waals surface area contributed by atoms with Crippen molar-refractivity contribution < 1.29 is 9.53 Å². The average molecular weight is 339 g/mol. The first-order chi connectivity index (χ1) is 12.2. The van der Waals surface area contributed by atoms with Crippen molar-refractivity contribution in [3.8, 4) is 5.88 Å². The minimum absolute atomic E-state index is 0.138. The van der Waals surface area contributed by atoms with Gasteiger partial charge in [0.25, 0.3) is 5.91 Å². The highest BCUT2D eigenvalue weighted by Crippen LogP contribution is 2.20. The van der Waals surface area contributed by atoms with Gasteiger partial charge in [-0.1, -0.05) is 24.3 Å². The number of benzene rings is 1. The number of carbonyl (C=O) groups excluding carboxylic acids is 1. The molecule has 3 rings (SSSR count). The molecule has 1 aliphatic heterocycles. The smallest absolute Gasteiger partial charge is 0.256 e. The van der Waals surface area contributed by atoms with Crippen molar-refractivity contribution in [2.75, 3.05) is 19.7 Å². The number of fused-ring (bicyclic) bond motifs is 1. The molecular weight excluding hydrogens is 314 g/mol. The third-order valence-corrected chi connectivity index (χ3v) is 4.64. The van der Waals surface area contributed by atoms with E-state index in [-0.39, 0.29) is 11.9 Å². The van der Waals surface area contributed by atoms with E-state index in [9.17, 15) is 4.79 Å². The summed E-state index contributed by atoms with van der Waals surface area (Å²) >= 11 is 0. The van der Waals surface area contributed by atoms with Gasteiger partial charge in [0.2, 0.25) is 5.88 Å². The van der Waals surface area contributed by atoms with Crippen molar-refractivity contribution >= 4 is 5.91 Å². The molecule has 1 aliphatic rings. The monoisotopic (exact) mass is 339 g/mol. The molecule has 0 saturated carbocycles. The third kappa shape index (κ3) is 4.17. The summed E-state index contributed by atoms with van der Waals surface area (Å²) in [7, 11) is 0. The fourth-order valence-electron chi connectivity index (χ4n) is 3.17. The van der Waals surface area contributed by atoms with E-state index in [2.05, 4.69) is 46.4 Å². The topological polar surface area (TPSA) is 54.5 Å². The molecule has 0 radical (unpaired) electrons. The van der Waals surface area contributed by atoms with Crippen LogP contribution in [0.25, 0.3) is 0 Å². The molecule has 25 heavy (non-hydrogen) atoms. The van der Waals surface area contributed by atoms with Gasteiger partial charge >= 0.3 is 0 Å². The number of rotatable bonds is 6. The number of ether oxygens (including phenoxy) is 1. The van der Waals surface area contributed by atoms with Crippen LogP contribution in [-0.2, 0) is 13.0 Å². The highest BCUT2D eigenvalue weighted by Gasteiger charge is 2.21. The minimum atomic E-state index is -0.138. The van der Waals surface area contributed by atoms with Crippen LogP contribution in [0.2, 0.25) is 0 Å². The lowest BCUT2D eigenvalue weighted by atomic mass is 9.99. The van der Waals surface area contributed by atoms with Gasteiger partial charge in [0.05, 0.1) is 6.61 Å². The van der Waals surface area contributed by atoms with Gasteiger partial charge in [-0.2, -0.15) is 0 Å². The largest absolute Gasteiger partial charge is 0.477 e. The zero-order chi connectivity index (χ0) is 17.6. The molecule has 0 bridgehead atoms. The summed E-state index contributed by atoms with van der Waals surface area (Å²) in [6.07, 6.45) is 2.70. The standard InChI is InChI=1S/C20H25N3O2/c1-3-25-20-18(9-6-11-21-20)19(24)22-13-15(2)23-12-10-16-7-4-5-8-17(16)14-23/h4-9,11,15H,3,10,12-14H2,1-2H3,(H,22,24). The molecule has 0 saturated heterocycles. The van der Waals surface area contributed by atoms with E-state index in [4.69, 9.17) is 4.74 Å². The Balaban J connectivity index is 1.58. The van der Waals surface area contributed by atoms with Crippen LogP contribution in [0.3, 0.4) is 0 Å². The molecule has 5 nitrogen and oxygen atoms in total. The first-order valence-corrected chi connectivity index (χ1v) is 8.86. The van der Waals surface area contributed by atoms with Crippen molar-refractivity contribution in [2.45, 2.75) is 32.9 Å². The van der Waals surface area contributed by atoms with E-state index >= 15 is 0 Å². The number of hydrogen-bond acceptors (Lipinski definition) is 4. The van der Waals surface area contributed by atoms with Crippen LogP contribution in [0.4, 0.5) is 0 Å². The first-order valence-electron chi connectivity index (χ1n) is 8.86. The fraction of sp³-hybridized carbons (Fsp3) is 0.400. The number of amides is 1. The van der Waals surface area contributed by atoms with Crippen molar-refractivity contribution in [1.82, 2.24) is 15.2 Å². The number of hydrogen-bond donors (Lipinski definition) is 1. The lowest BCUT2D eigenvalue weighted by Crippen LogP contribution is -2.44. The summed E-state index contributed by atoms with van der Waals surface area (Å²) in [5.41, 5.74) is 3.31. The molecule has 1 N–H and O–H groups in total. The van der Waals surface area contributed by atoms with Crippen LogP contribution in [0.5, 0.6) is 5.88 Å². The molecule has 2 aromatic rings. The van der Waals surface area contributed by atoms with E-state index in [0.29, 0.717) is 24.6 Å². The number of nitrogens with one attached hydrogen (secondary N) is 1. The van der Waals surface area contributed by atoms with Gasteiger partial charge in [-0.25, -0.2) is 4.98 Å². The molecule has 0 fully saturated rings. The zero-order valence-corrected chi connectivity index (χ0v) is 14.9. The SMILES string of the molecule is CCOc1ncccc1C(=O)NCC(C)N1CCc2ccccc2C1. The van der Waals surface area contributed by atoms with Gasteiger partial charge in [-0.15, -0.1) is 0 Å². The molecule has 1 atom stereocenters. The van der Waals surface area contributed by atoms with Gasteiger partial charge in [-0.3, -0.25) is 9.69 Å². The lowest BCUT2D eigenvalue weighted by molar-refractivity contribution is 0.0928. The third-order valence-electron chi connectivity index (χ3n) is 4.64. The highest BCUT2D eigenvalue weighted by molar-refractivity contribution is 5.96. The van der Waals surface area contributed by atoms with Crippen LogP contribution in [0, 0.1) is 0 Å².